The highest BCUT2D eigenvalue weighted by molar-refractivity contribution is 7.86. The quantitative estimate of drug-likeness (QED) is 0.0601. The van der Waals surface area contributed by atoms with Gasteiger partial charge in [0.2, 0.25) is 0 Å². The Morgan fingerprint density at radius 2 is 0.500 bits per heavy atom. The second-order valence-electron chi connectivity index (χ2n) is 31.3. The van der Waals surface area contributed by atoms with Crippen molar-refractivity contribution in [2.75, 3.05) is 0 Å². The van der Waals surface area contributed by atoms with Gasteiger partial charge in [-0.1, -0.05) is 370 Å². The Bertz CT molecular complexity index is 8060. The molecule has 10 heteroatoms. The number of fused-ring (bicyclic) bond motifs is 11. The van der Waals surface area contributed by atoms with Crippen LogP contribution in [0.5, 0.6) is 0 Å². The van der Waals surface area contributed by atoms with Crippen molar-refractivity contribution < 1.29 is 9.13 Å². The van der Waals surface area contributed by atoms with E-state index in [0.29, 0.717) is 0 Å². The van der Waals surface area contributed by atoms with Crippen molar-refractivity contribution in [2.45, 2.75) is 0 Å². The van der Waals surface area contributed by atoms with Gasteiger partial charge in [0.25, 0.3) is 0 Å². The van der Waals surface area contributed by atoms with Crippen LogP contribution >= 0.6 is 14.3 Å². The molecule has 0 amide bonds. The first-order chi connectivity index (χ1) is 61.3. The van der Waals surface area contributed by atoms with Gasteiger partial charge >= 0.3 is 0 Å². The summed E-state index contributed by atoms with van der Waals surface area (Å²) in [6, 6.07) is 150. The van der Waals surface area contributed by atoms with Crippen molar-refractivity contribution in [1.29, 1.82) is 0 Å². The van der Waals surface area contributed by atoms with Crippen LogP contribution in [0.2, 0.25) is 0 Å². The largest absolute Gasteiger partial charge is 0.309 e. The zero-order valence-corrected chi connectivity index (χ0v) is 68.9. The molecule has 0 fully saturated rings. The Hall–Kier alpha value is -15.6. The van der Waals surface area contributed by atoms with Crippen LogP contribution in [0.15, 0.2) is 449 Å². The Morgan fingerprint density at radius 3 is 0.944 bits per heavy atom. The van der Waals surface area contributed by atoms with Crippen LogP contribution in [0, 0.1) is 0 Å². The minimum Gasteiger partial charge on any atom is -0.309 e. The average Bonchev–Trinajstić information content (AvgIpc) is 0.525. The fourth-order valence-corrected chi connectivity index (χ4v) is 23.8. The van der Waals surface area contributed by atoms with E-state index in [1.165, 1.54) is 11.1 Å². The van der Waals surface area contributed by atoms with Crippen molar-refractivity contribution in [3.8, 4) is 89.8 Å². The van der Waals surface area contributed by atoms with Crippen LogP contribution in [-0.4, -0.2) is 29.9 Å². The van der Waals surface area contributed by atoms with E-state index in [1.807, 2.05) is 170 Å². The van der Waals surface area contributed by atoms with Gasteiger partial charge < -0.3 is 9.13 Å². The molecule has 124 heavy (non-hydrogen) atoms. The van der Waals surface area contributed by atoms with Crippen molar-refractivity contribution in [2.24, 2.45) is 0 Å². The SMILES string of the molecule is O=P(c1ccccc1)(c1ccccc1)c1ccc(-c2c3ccccc3c(-c3ccc4ccc5ccc(-c6ccccn6)nc5c4n3)c3ccccc23)c2ccccc12.O=P(c1ccccc1)(c1ccccc1)c1ccc(-c2ccc3c(-c4ccccc4)c4cc(-c5ccc6ccc7ccc(-c8ccccn8)nc7c6n5)ccc4c(-c4ccccc4)c3c2)cc1. The molecule has 8 nitrogen and oxygen atoms in total. The molecular weight excluding hydrogens is 1550 g/mol. The van der Waals surface area contributed by atoms with Crippen LogP contribution in [0.25, 0.3) is 187 Å². The number of hydrogen-bond donors (Lipinski definition) is 0. The Morgan fingerprint density at radius 1 is 0.177 bits per heavy atom. The molecule has 0 aliphatic heterocycles. The maximum atomic E-state index is 15.8. The molecule has 23 rings (SSSR count). The molecular formula is C114H74N6O2P2. The van der Waals surface area contributed by atoms with Gasteiger partial charge in [-0.05, 0) is 165 Å². The lowest BCUT2D eigenvalue weighted by atomic mass is 9.84. The van der Waals surface area contributed by atoms with Crippen molar-refractivity contribution in [3.05, 3.63) is 449 Å². The van der Waals surface area contributed by atoms with Gasteiger partial charge in [0.1, 0.15) is 0 Å². The number of hydrogen-bond acceptors (Lipinski definition) is 8. The number of pyridine rings is 6. The molecule has 6 heterocycles. The molecule has 0 radical (unpaired) electrons. The van der Waals surface area contributed by atoms with E-state index < -0.39 is 14.3 Å². The van der Waals surface area contributed by atoms with Crippen molar-refractivity contribution in [3.63, 3.8) is 0 Å². The highest BCUT2D eigenvalue weighted by Gasteiger charge is 2.34. The van der Waals surface area contributed by atoms with E-state index in [0.717, 1.165) is 208 Å². The van der Waals surface area contributed by atoms with Crippen LogP contribution < -0.4 is 31.8 Å². The zero-order chi connectivity index (χ0) is 82.7. The number of nitrogens with zero attached hydrogens (tertiary/aromatic N) is 6. The zero-order valence-electron chi connectivity index (χ0n) is 67.1. The summed E-state index contributed by atoms with van der Waals surface area (Å²) in [4.78, 5) is 30.2. The normalized spacial score (nSPS) is 11.8. The smallest absolute Gasteiger partial charge is 0.171 e. The highest BCUT2D eigenvalue weighted by atomic mass is 31.2. The first-order valence-electron chi connectivity index (χ1n) is 41.7. The topological polar surface area (TPSA) is 111 Å². The minimum absolute atomic E-state index is 0.808. The van der Waals surface area contributed by atoms with Crippen LogP contribution in [0.1, 0.15) is 0 Å². The van der Waals surface area contributed by atoms with E-state index in [1.54, 1.807) is 12.4 Å². The third-order valence-corrected chi connectivity index (χ3v) is 30.4. The summed E-state index contributed by atoms with van der Waals surface area (Å²) in [5, 5.41) is 20.2. The summed E-state index contributed by atoms with van der Waals surface area (Å²) >= 11 is 0. The lowest BCUT2D eigenvalue weighted by Gasteiger charge is -2.23. The van der Waals surface area contributed by atoms with Crippen molar-refractivity contribution in [1.82, 2.24) is 29.9 Å². The van der Waals surface area contributed by atoms with Gasteiger partial charge in [0, 0.05) is 76.9 Å². The van der Waals surface area contributed by atoms with Gasteiger partial charge in [-0.2, -0.15) is 0 Å². The van der Waals surface area contributed by atoms with E-state index in [-0.39, 0.29) is 0 Å². The van der Waals surface area contributed by atoms with Crippen molar-refractivity contribution >= 4 is 144 Å². The second-order valence-corrected chi connectivity index (χ2v) is 36.8. The van der Waals surface area contributed by atoms with Gasteiger partial charge in [0.15, 0.2) is 14.3 Å². The first kappa shape index (κ1) is 74.7. The molecule has 0 bridgehead atoms. The standard InChI is InChI=1S/C61H40N3OP.C53H34N3OP/c65-66(48-19-9-3-10-20-48,49-21-11-4-12-22-49)50-32-26-41(27-33-50)46-28-34-51-53(39-46)58(42-15-5-1-6-16-42)52-35-29-47(40-54(52)59(51)43-17-7-2-8-18-43)55-36-30-44-24-25-45-31-37-57(56-23-13-14-38-62-56)64-61(45)60(44)63-55;57-58(37-15-3-1-4-16-37,38-17-5-2-6-18-38)49-33-30-45(39-19-7-8-20-40(39)49)50-41-21-9-11-23-43(41)51(44-24-12-10-22-42(44)50)48-32-29-36-27-26-35-28-31-47(46-25-13-14-34-54-46)55-52(35)53(36)56-48/h1-40H;1-34H. The summed E-state index contributed by atoms with van der Waals surface area (Å²) in [5.41, 5.74) is 19.6. The fourth-order valence-electron chi connectivity index (χ4n) is 18.3. The van der Waals surface area contributed by atoms with Gasteiger partial charge in [0.05, 0.1) is 56.2 Å². The predicted molar refractivity (Wildman–Crippen MR) is 519 cm³/mol. The Kier molecular flexibility index (Phi) is 19.0. The highest BCUT2D eigenvalue weighted by Crippen LogP contribution is 2.52. The van der Waals surface area contributed by atoms with Gasteiger partial charge in [-0.15, -0.1) is 0 Å². The fraction of sp³-hybridized carbons (Fsp3) is 0. The molecule has 0 saturated carbocycles. The Balaban J connectivity index is 0.000000149. The maximum Gasteiger partial charge on any atom is 0.171 e. The second kappa shape index (κ2) is 31.5. The third-order valence-electron chi connectivity index (χ3n) is 24.2. The van der Waals surface area contributed by atoms with Gasteiger partial charge in [-0.3, -0.25) is 9.97 Å². The molecule has 23 aromatic rings. The first-order valence-corrected chi connectivity index (χ1v) is 45.1. The summed E-state index contributed by atoms with van der Waals surface area (Å²) in [6.07, 6.45) is 3.60. The van der Waals surface area contributed by atoms with E-state index >= 15 is 9.13 Å². The molecule has 582 valence electrons. The Labute approximate surface area is 716 Å². The summed E-state index contributed by atoms with van der Waals surface area (Å²) in [7, 11) is -6.37. The molecule has 0 N–H and O–H groups in total. The number of rotatable bonds is 14. The number of aromatic nitrogens is 6. The molecule has 17 aromatic carbocycles. The average molecular weight is 1620 g/mol. The molecule has 0 spiro atoms. The van der Waals surface area contributed by atoms with E-state index in [4.69, 9.17) is 19.9 Å². The van der Waals surface area contributed by atoms with Crippen LogP contribution in [-0.2, 0) is 9.13 Å². The van der Waals surface area contributed by atoms with Crippen LogP contribution in [0.3, 0.4) is 0 Å². The van der Waals surface area contributed by atoms with E-state index in [2.05, 4.69) is 277 Å². The molecule has 0 atom stereocenters. The molecule has 0 aliphatic carbocycles. The van der Waals surface area contributed by atoms with Gasteiger partial charge in [-0.25, -0.2) is 19.9 Å². The third kappa shape index (κ3) is 13.1. The summed E-state index contributed by atoms with van der Waals surface area (Å²) in [6.45, 7) is 0. The lowest BCUT2D eigenvalue weighted by molar-refractivity contribution is 0.591. The molecule has 6 aromatic heterocycles. The summed E-state index contributed by atoms with van der Waals surface area (Å²) in [5.74, 6) is 0. The molecule has 0 saturated heterocycles. The summed E-state index contributed by atoms with van der Waals surface area (Å²) < 4.78 is 31.0. The van der Waals surface area contributed by atoms with Crippen LogP contribution in [0.4, 0.5) is 0 Å². The minimum atomic E-state index is -3.25. The molecule has 0 aliphatic rings. The predicted octanol–water partition coefficient (Wildman–Crippen LogP) is 26.7. The molecule has 0 unspecified atom stereocenters. The monoisotopic (exact) mass is 1620 g/mol. The lowest BCUT2D eigenvalue weighted by Crippen LogP contribution is -2.25. The maximum absolute atomic E-state index is 15.8. The van der Waals surface area contributed by atoms with E-state index in [9.17, 15) is 0 Å². The number of benzene rings is 17.